The van der Waals surface area contributed by atoms with Gasteiger partial charge in [-0.1, -0.05) is 17.7 Å². The van der Waals surface area contributed by atoms with Gasteiger partial charge in [-0.2, -0.15) is 0 Å². The van der Waals surface area contributed by atoms with Gasteiger partial charge in [-0.25, -0.2) is 0 Å². The van der Waals surface area contributed by atoms with E-state index in [4.69, 9.17) is 16.3 Å². The molecule has 0 heterocycles. The zero-order chi connectivity index (χ0) is 8.27. The van der Waals surface area contributed by atoms with E-state index in [1.807, 2.05) is 25.1 Å². The predicted molar refractivity (Wildman–Crippen MR) is 50.2 cm³/mol. The Hall–Kier alpha value is -0.210. The molecule has 0 aliphatic carbocycles. The molecular weight excluding hydrogens is 227 g/mol. The highest BCUT2D eigenvalue weighted by atomic mass is 79.9. The van der Waals surface area contributed by atoms with Crippen molar-refractivity contribution in [3.05, 3.63) is 28.2 Å². The van der Waals surface area contributed by atoms with Crippen LogP contribution in [0.2, 0.25) is 0 Å². The molecule has 0 atom stereocenters. The van der Waals surface area contributed by atoms with E-state index in [9.17, 15) is 0 Å². The van der Waals surface area contributed by atoms with Crippen LogP contribution in [0.5, 0.6) is 5.75 Å². The average Bonchev–Trinajstić information content (AvgIpc) is 1.95. The molecule has 0 spiro atoms. The summed E-state index contributed by atoms with van der Waals surface area (Å²) in [5.74, 6) is 0.783. The van der Waals surface area contributed by atoms with Gasteiger partial charge >= 0.3 is 0 Å². The second-order valence-corrected chi connectivity index (χ2v) is 3.26. The lowest BCUT2D eigenvalue weighted by molar-refractivity contribution is 0.385. The van der Waals surface area contributed by atoms with Gasteiger partial charge in [-0.3, -0.25) is 0 Å². The third kappa shape index (κ3) is 2.38. The largest absolute Gasteiger partial charge is 0.477 e. The number of alkyl halides is 1. The summed E-state index contributed by atoms with van der Waals surface area (Å²) in [4.78, 5) is 0. The van der Waals surface area contributed by atoms with Gasteiger partial charge in [0.1, 0.15) is 5.75 Å². The molecule has 0 aliphatic rings. The van der Waals surface area contributed by atoms with Crippen LogP contribution in [0.25, 0.3) is 0 Å². The number of halogens is 2. The van der Waals surface area contributed by atoms with Gasteiger partial charge in [-0.15, -0.1) is 0 Å². The lowest BCUT2D eigenvalue weighted by atomic mass is 10.2. The molecule has 0 saturated carbocycles. The van der Waals surface area contributed by atoms with Crippen LogP contribution in [-0.2, 0) is 0 Å². The second kappa shape index (κ2) is 3.98. The van der Waals surface area contributed by atoms with Gasteiger partial charge < -0.3 is 4.74 Å². The van der Waals surface area contributed by atoms with Crippen LogP contribution >= 0.6 is 27.5 Å². The Kier molecular flexibility index (Phi) is 3.21. The number of hydrogen-bond donors (Lipinski definition) is 0. The third-order valence-corrected chi connectivity index (χ3v) is 2.03. The molecule has 1 aromatic rings. The normalized spacial score (nSPS) is 9.73. The van der Waals surface area contributed by atoms with Crippen molar-refractivity contribution in [1.82, 2.24) is 0 Å². The van der Waals surface area contributed by atoms with Crippen molar-refractivity contribution in [2.24, 2.45) is 0 Å². The summed E-state index contributed by atoms with van der Waals surface area (Å²) >= 11 is 8.77. The highest BCUT2D eigenvalue weighted by molar-refractivity contribution is 9.10. The molecule has 1 rings (SSSR count). The summed E-state index contributed by atoms with van der Waals surface area (Å²) in [5, 5.41) is 0. The minimum Gasteiger partial charge on any atom is -0.477 e. The highest BCUT2D eigenvalue weighted by Crippen LogP contribution is 2.25. The standard InChI is InChI=1S/C8H8BrClO/c1-6-2-3-8(11-5-10)7(9)4-6/h2-4H,5H2,1H3. The number of rotatable bonds is 2. The summed E-state index contributed by atoms with van der Waals surface area (Å²) in [6.45, 7) is 2.02. The monoisotopic (exact) mass is 234 g/mol. The molecule has 1 nitrogen and oxygen atoms in total. The number of hydrogen-bond acceptors (Lipinski definition) is 1. The van der Waals surface area contributed by atoms with Crippen molar-refractivity contribution in [3.8, 4) is 5.75 Å². The van der Waals surface area contributed by atoms with Crippen molar-refractivity contribution in [2.45, 2.75) is 6.92 Å². The van der Waals surface area contributed by atoms with E-state index in [1.165, 1.54) is 5.56 Å². The van der Waals surface area contributed by atoms with Crippen LogP contribution in [-0.4, -0.2) is 6.07 Å². The first-order valence-electron chi connectivity index (χ1n) is 3.19. The SMILES string of the molecule is Cc1ccc(OCCl)c(Br)c1. The Bertz CT molecular complexity index is 250. The molecule has 0 N–H and O–H groups in total. The molecule has 0 unspecified atom stereocenters. The van der Waals surface area contributed by atoms with Crippen LogP contribution in [0.15, 0.2) is 22.7 Å². The zero-order valence-corrected chi connectivity index (χ0v) is 8.45. The molecule has 0 amide bonds. The molecule has 0 bridgehead atoms. The number of aryl methyl sites for hydroxylation is 1. The predicted octanol–water partition coefficient (Wildman–Crippen LogP) is 3.33. The Morgan fingerprint density at radius 2 is 2.27 bits per heavy atom. The molecule has 0 radical (unpaired) electrons. The topological polar surface area (TPSA) is 9.23 Å². The molecule has 0 aromatic heterocycles. The lowest BCUT2D eigenvalue weighted by Crippen LogP contribution is -1.89. The van der Waals surface area contributed by atoms with Crippen LogP contribution in [0.1, 0.15) is 5.56 Å². The number of benzene rings is 1. The van der Waals surface area contributed by atoms with Crippen molar-refractivity contribution in [3.63, 3.8) is 0 Å². The van der Waals surface area contributed by atoms with Gasteiger partial charge in [0.25, 0.3) is 0 Å². The van der Waals surface area contributed by atoms with Gasteiger partial charge in [0, 0.05) is 0 Å². The van der Waals surface area contributed by atoms with Crippen molar-refractivity contribution < 1.29 is 4.74 Å². The van der Waals surface area contributed by atoms with Crippen molar-refractivity contribution in [1.29, 1.82) is 0 Å². The first-order valence-corrected chi connectivity index (χ1v) is 4.51. The van der Waals surface area contributed by atoms with Crippen LogP contribution in [0, 0.1) is 6.92 Å². The fourth-order valence-corrected chi connectivity index (χ4v) is 1.51. The van der Waals surface area contributed by atoms with Gasteiger partial charge in [0.2, 0.25) is 0 Å². The maximum Gasteiger partial charge on any atom is 0.162 e. The van der Waals surface area contributed by atoms with Crippen LogP contribution < -0.4 is 4.74 Å². The minimum absolute atomic E-state index is 0.182. The van der Waals surface area contributed by atoms with E-state index in [-0.39, 0.29) is 6.07 Å². The molecule has 0 saturated heterocycles. The van der Waals surface area contributed by atoms with Crippen molar-refractivity contribution in [2.75, 3.05) is 6.07 Å². The Labute approximate surface area is 79.4 Å². The van der Waals surface area contributed by atoms with Crippen LogP contribution in [0.4, 0.5) is 0 Å². The zero-order valence-electron chi connectivity index (χ0n) is 6.10. The lowest BCUT2D eigenvalue weighted by Gasteiger charge is -2.04. The van der Waals surface area contributed by atoms with Crippen molar-refractivity contribution >= 4 is 27.5 Å². The van der Waals surface area contributed by atoms with E-state index in [0.29, 0.717) is 0 Å². The first-order chi connectivity index (χ1) is 5.24. The maximum atomic E-state index is 5.40. The molecule has 0 fully saturated rings. The summed E-state index contributed by atoms with van der Waals surface area (Å²) in [5.41, 5.74) is 1.19. The summed E-state index contributed by atoms with van der Waals surface area (Å²) in [6.07, 6.45) is 0. The third-order valence-electron chi connectivity index (χ3n) is 1.30. The average molecular weight is 236 g/mol. The van der Waals surface area contributed by atoms with E-state index in [2.05, 4.69) is 15.9 Å². The van der Waals surface area contributed by atoms with E-state index in [0.717, 1.165) is 10.2 Å². The molecule has 0 aliphatic heterocycles. The molecule has 60 valence electrons. The van der Waals surface area contributed by atoms with Gasteiger partial charge in [0.15, 0.2) is 6.07 Å². The van der Waals surface area contributed by atoms with Gasteiger partial charge in [0.05, 0.1) is 4.47 Å². The Morgan fingerprint density at radius 3 is 2.82 bits per heavy atom. The van der Waals surface area contributed by atoms with Gasteiger partial charge in [-0.05, 0) is 40.5 Å². The van der Waals surface area contributed by atoms with E-state index < -0.39 is 0 Å². The second-order valence-electron chi connectivity index (χ2n) is 2.19. The number of ether oxygens (including phenoxy) is 1. The maximum absolute atomic E-state index is 5.40. The fraction of sp³-hybridized carbons (Fsp3) is 0.250. The summed E-state index contributed by atoms with van der Waals surface area (Å²) in [6, 6.07) is 6.04. The minimum atomic E-state index is 0.182. The summed E-state index contributed by atoms with van der Waals surface area (Å²) in [7, 11) is 0. The molecule has 11 heavy (non-hydrogen) atoms. The first kappa shape index (κ1) is 8.88. The van der Waals surface area contributed by atoms with E-state index >= 15 is 0 Å². The highest BCUT2D eigenvalue weighted by Gasteiger charge is 1.98. The Balaban J connectivity index is 2.90. The molecule has 3 heteroatoms. The smallest absolute Gasteiger partial charge is 0.162 e. The molecule has 1 aromatic carbocycles. The van der Waals surface area contributed by atoms with Crippen LogP contribution in [0.3, 0.4) is 0 Å². The quantitative estimate of drug-likeness (QED) is 0.715. The molecular formula is C8H8BrClO. The summed E-state index contributed by atoms with van der Waals surface area (Å²) < 4.78 is 6.05. The Morgan fingerprint density at radius 1 is 1.55 bits per heavy atom. The fourth-order valence-electron chi connectivity index (χ4n) is 0.782. The van der Waals surface area contributed by atoms with E-state index in [1.54, 1.807) is 0 Å².